The highest BCUT2D eigenvalue weighted by Crippen LogP contribution is 2.39. The molecule has 0 aliphatic carbocycles. The summed E-state index contributed by atoms with van der Waals surface area (Å²) in [7, 11) is -5.06. The van der Waals surface area contributed by atoms with Crippen molar-refractivity contribution in [3.8, 4) is 0 Å². The molecule has 0 atom stereocenters. The summed E-state index contributed by atoms with van der Waals surface area (Å²) in [5.74, 6) is -2.47. The lowest BCUT2D eigenvalue weighted by Gasteiger charge is -2.31. The molecule has 1 aliphatic rings. The summed E-state index contributed by atoms with van der Waals surface area (Å²) < 4.78 is 113. The summed E-state index contributed by atoms with van der Waals surface area (Å²) in [5, 5.41) is 7.79. The van der Waals surface area contributed by atoms with Crippen LogP contribution >= 0.6 is 0 Å². The number of hydrogen-bond donors (Lipinski definition) is 3. The zero-order chi connectivity index (χ0) is 35.0. The van der Waals surface area contributed by atoms with Gasteiger partial charge in [-0.15, -0.1) is 0 Å². The summed E-state index contributed by atoms with van der Waals surface area (Å²) in [4.78, 5) is 31.7. The largest absolute Gasteiger partial charge is 0.432 e. The van der Waals surface area contributed by atoms with E-state index in [0.29, 0.717) is 38.3 Å². The Balaban J connectivity index is 1.42. The standard InChI is InChI=1S/C29H25F6N9O4S/c30-28(31,32)15-49(46,47)26-22(39-16-48-26)14-44-24-17(10-21(25(44)45)40-19-2-1-5-37-13-19)12-38-27(42-24)41-18-3-4-23(20(11-18)29(33,34)35)43-8-6-36-7-9-43/h1-5,10-13,16,36,40H,6-9,14-15H2,(H,38,41,42). The Labute approximate surface area is 272 Å². The Morgan fingerprint density at radius 1 is 0.959 bits per heavy atom. The molecular weight excluding hydrogens is 684 g/mol. The Hall–Kier alpha value is -5.24. The highest BCUT2D eigenvalue weighted by atomic mass is 32.2. The van der Waals surface area contributed by atoms with Crippen LogP contribution in [0, 0.1) is 0 Å². The van der Waals surface area contributed by atoms with E-state index in [2.05, 4.69) is 35.9 Å². The first-order chi connectivity index (χ1) is 23.2. The number of halogens is 6. The fourth-order valence-electron chi connectivity index (χ4n) is 5.25. The summed E-state index contributed by atoms with van der Waals surface area (Å²) in [6, 6.07) is 8.23. The van der Waals surface area contributed by atoms with E-state index in [1.165, 1.54) is 36.8 Å². The van der Waals surface area contributed by atoms with Crippen LogP contribution in [-0.4, -0.2) is 71.0 Å². The predicted molar refractivity (Wildman–Crippen MR) is 165 cm³/mol. The highest BCUT2D eigenvalue weighted by Gasteiger charge is 2.39. The van der Waals surface area contributed by atoms with Gasteiger partial charge >= 0.3 is 12.4 Å². The Morgan fingerprint density at radius 2 is 1.73 bits per heavy atom. The fourth-order valence-corrected chi connectivity index (χ4v) is 6.47. The molecule has 13 nitrogen and oxygen atoms in total. The number of piperazine rings is 1. The van der Waals surface area contributed by atoms with Crippen LogP contribution in [0.5, 0.6) is 0 Å². The van der Waals surface area contributed by atoms with Crippen LogP contribution in [0.3, 0.4) is 0 Å². The van der Waals surface area contributed by atoms with E-state index in [1.54, 1.807) is 17.0 Å². The lowest BCUT2D eigenvalue weighted by Crippen LogP contribution is -2.44. The molecule has 49 heavy (non-hydrogen) atoms. The summed E-state index contributed by atoms with van der Waals surface area (Å²) in [5.41, 5.74) is -2.04. The van der Waals surface area contributed by atoms with Crippen molar-refractivity contribution in [3.05, 3.63) is 83.0 Å². The number of sulfone groups is 1. The molecule has 0 saturated carbocycles. The molecule has 20 heteroatoms. The SMILES string of the molecule is O=c1c(Nc2cccnc2)cc2cnc(Nc3ccc(N4CCNCC4)c(C(F)(F)F)c3)nc2n1Cc1ncoc1S(=O)(=O)CC(F)(F)F. The van der Waals surface area contributed by atoms with Gasteiger partial charge in [0.1, 0.15) is 17.0 Å². The van der Waals surface area contributed by atoms with Gasteiger partial charge in [0.25, 0.3) is 5.56 Å². The van der Waals surface area contributed by atoms with Gasteiger partial charge in [0.05, 0.1) is 24.0 Å². The third kappa shape index (κ3) is 7.59. The number of nitrogens with zero attached hydrogens (tertiary/aromatic N) is 6. The molecule has 1 saturated heterocycles. The van der Waals surface area contributed by atoms with E-state index < -0.39 is 56.4 Å². The van der Waals surface area contributed by atoms with Gasteiger partial charge in [0.2, 0.25) is 20.9 Å². The van der Waals surface area contributed by atoms with Crippen LogP contribution in [0.2, 0.25) is 0 Å². The maximum atomic E-state index is 14.1. The van der Waals surface area contributed by atoms with Crippen molar-refractivity contribution < 1.29 is 39.2 Å². The minimum Gasteiger partial charge on any atom is -0.432 e. The van der Waals surface area contributed by atoms with E-state index in [0.717, 1.165) is 10.6 Å². The molecule has 1 aromatic carbocycles. The van der Waals surface area contributed by atoms with E-state index >= 15 is 0 Å². The van der Waals surface area contributed by atoms with Gasteiger partial charge in [-0.05, 0) is 36.4 Å². The number of aromatic nitrogens is 5. The second-order valence-corrected chi connectivity index (χ2v) is 12.7. The zero-order valence-electron chi connectivity index (χ0n) is 25.0. The van der Waals surface area contributed by atoms with Gasteiger partial charge in [0, 0.05) is 55.3 Å². The third-order valence-electron chi connectivity index (χ3n) is 7.33. The third-order valence-corrected chi connectivity index (χ3v) is 8.94. The number of alkyl halides is 6. The molecule has 5 heterocycles. The minimum absolute atomic E-state index is 0.00496. The Bertz CT molecular complexity index is 2150. The van der Waals surface area contributed by atoms with Crippen molar-refractivity contribution in [2.75, 3.05) is 47.5 Å². The smallest absolute Gasteiger partial charge is 0.418 e. The van der Waals surface area contributed by atoms with Crippen molar-refractivity contribution in [1.29, 1.82) is 0 Å². The monoisotopic (exact) mass is 709 g/mol. The number of oxazole rings is 1. The normalized spacial score (nSPS) is 14.3. The second-order valence-electron chi connectivity index (χ2n) is 10.8. The van der Waals surface area contributed by atoms with Crippen LogP contribution in [0.15, 0.2) is 75.7 Å². The highest BCUT2D eigenvalue weighted by molar-refractivity contribution is 7.91. The molecule has 4 aromatic heterocycles. The second kappa shape index (κ2) is 13.0. The quantitative estimate of drug-likeness (QED) is 0.185. The molecule has 3 N–H and O–H groups in total. The molecule has 0 bridgehead atoms. The Kier molecular flexibility index (Phi) is 8.92. The fraction of sp³-hybridized carbons (Fsp3) is 0.276. The molecule has 5 aromatic rings. The van der Waals surface area contributed by atoms with E-state index in [9.17, 15) is 39.6 Å². The number of anilines is 5. The van der Waals surface area contributed by atoms with E-state index in [-0.39, 0.29) is 34.0 Å². The van der Waals surface area contributed by atoms with Crippen LogP contribution in [-0.2, 0) is 22.6 Å². The Morgan fingerprint density at radius 3 is 2.43 bits per heavy atom. The molecule has 258 valence electrons. The minimum atomic E-state index is -5.09. The lowest BCUT2D eigenvalue weighted by molar-refractivity contribution is -0.137. The molecule has 0 amide bonds. The van der Waals surface area contributed by atoms with E-state index in [1.807, 2.05) is 0 Å². The maximum Gasteiger partial charge on any atom is 0.418 e. The number of fused-ring (bicyclic) bond motifs is 1. The average Bonchev–Trinajstić information content (AvgIpc) is 3.52. The molecule has 1 fully saturated rings. The van der Waals surface area contributed by atoms with Crippen LogP contribution < -0.4 is 26.4 Å². The maximum absolute atomic E-state index is 14.1. The first-order valence-electron chi connectivity index (χ1n) is 14.4. The number of hydrogen-bond acceptors (Lipinski definition) is 12. The van der Waals surface area contributed by atoms with Crippen molar-refractivity contribution in [2.24, 2.45) is 0 Å². The summed E-state index contributed by atoms with van der Waals surface area (Å²) in [6.45, 7) is 1.09. The van der Waals surface area contributed by atoms with Crippen molar-refractivity contribution in [2.45, 2.75) is 24.0 Å². The topological polar surface area (TPSA) is 160 Å². The van der Waals surface area contributed by atoms with Gasteiger partial charge in [-0.3, -0.25) is 14.3 Å². The lowest BCUT2D eigenvalue weighted by atomic mass is 10.1. The average molecular weight is 710 g/mol. The molecule has 6 rings (SSSR count). The van der Waals surface area contributed by atoms with E-state index in [4.69, 9.17) is 4.42 Å². The van der Waals surface area contributed by atoms with Crippen LogP contribution in [0.1, 0.15) is 11.3 Å². The number of nitrogens with one attached hydrogen (secondary N) is 3. The van der Waals surface area contributed by atoms with Gasteiger partial charge in [0.15, 0.2) is 12.1 Å². The van der Waals surface area contributed by atoms with Gasteiger partial charge < -0.3 is 25.3 Å². The number of pyridine rings is 2. The van der Waals surface area contributed by atoms with Crippen molar-refractivity contribution >= 4 is 49.6 Å². The van der Waals surface area contributed by atoms with Crippen molar-refractivity contribution in [3.63, 3.8) is 0 Å². The van der Waals surface area contributed by atoms with Gasteiger partial charge in [-0.2, -0.15) is 31.3 Å². The van der Waals surface area contributed by atoms with Gasteiger partial charge in [-0.25, -0.2) is 18.4 Å². The molecule has 0 radical (unpaired) electrons. The molecule has 0 unspecified atom stereocenters. The number of benzene rings is 1. The molecule has 1 aliphatic heterocycles. The first-order valence-corrected chi connectivity index (χ1v) is 16.1. The first kappa shape index (κ1) is 33.7. The van der Waals surface area contributed by atoms with Crippen molar-refractivity contribution in [1.82, 2.24) is 29.8 Å². The van der Waals surface area contributed by atoms with Crippen LogP contribution in [0.25, 0.3) is 11.0 Å². The van der Waals surface area contributed by atoms with Gasteiger partial charge in [-0.1, -0.05) is 0 Å². The predicted octanol–water partition coefficient (Wildman–Crippen LogP) is 4.47. The number of rotatable bonds is 9. The molecular formula is C29H25F6N9O4S. The summed E-state index contributed by atoms with van der Waals surface area (Å²) in [6.07, 6.45) is -4.98. The molecule has 0 spiro atoms. The summed E-state index contributed by atoms with van der Waals surface area (Å²) >= 11 is 0. The zero-order valence-corrected chi connectivity index (χ0v) is 25.8. The van der Waals surface area contributed by atoms with Crippen LogP contribution in [0.4, 0.5) is 55.0 Å².